The summed E-state index contributed by atoms with van der Waals surface area (Å²) in [6.07, 6.45) is 3.97. The number of rotatable bonds is 16. The highest BCUT2D eigenvalue weighted by molar-refractivity contribution is 5.96. The molecule has 0 bridgehead atoms. The second-order valence-corrected chi connectivity index (χ2v) is 10.8. The van der Waals surface area contributed by atoms with Crippen molar-refractivity contribution < 1.29 is 43.8 Å². The van der Waals surface area contributed by atoms with Crippen molar-refractivity contribution in [2.45, 2.75) is 101 Å². The molecule has 16 heteroatoms. The van der Waals surface area contributed by atoms with Crippen LogP contribution in [0, 0.1) is 5.92 Å². The SMILES string of the molecule is NC(=O)CC[C@H](NC(=O)[C@H](CCC(N)=O)NC(=O)[C@@H](N)C1CCCCC1)C(=O)N[C@@H](CO)C(=O)N1CCC[C@H]1C(=O)O. The highest BCUT2D eigenvalue weighted by atomic mass is 16.4. The molecule has 5 atom stereocenters. The largest absolute Gasteiger partial charge is 0.480 e. The third kappa shape index (κ3) is 10.2. The number of carbonyl (C=O) groups excluding carboxylic acids is 6. The molecule has 2 fully saturated rings. The summed E-state index contributed by atoms with van der Waals surface area (Å²) < 4.78 is 0. The van der Waals surface area contributed by atoms with Crippen molar-refractivity contribution in [1.29, 1.82) is 0 Å². The Kier molecular flexibility index (Phi) is 13.6. The Morgan fingerprint density at radius 1 is 0.738 bits per heavy atom. The van der Waals surface area contributed by atoms with E-state index in [1.807, 2.05) is 0 Å². The minimum absolute atomic E-state index is 0.0722. The van der Waals surface area contributed by atoms with Crippen LogP contribution in [0.15, 0.2) is 0 Å². The molecule has 1 aliphatic carbocycles. The van der Waals surface area contributed by atoms with Crippen LogP contribution in [0.3, 0.4) is 0 Å². The van der Waals surface area contributed by atoms with E-state index in [1.165, 1.54) is 0 Å². The fraction of sp³-hybridized carbons (Fsp3) is 0.731. The zero-order chi connectivity index (χ0) is 31.4. The van der Waals surface area contributed by atoms with Gasteiger partial charge in [0.05, 0.1) is 12.6 Å². The number of nitrogens with zero attached hydrogens (tertiary/aromatic N) is 1. The molecule has 6 amide bonds. The lowest BCUT2D eigenvalue weighted by Gasteiger charge is -2.29. The van der Waals surface area contributed by atoms with Crippen molar-refractivity contribution in [3.63, 3.8) is 0 Å². The number of hydrogen-bond acceptors (Lipinski definition) is 9. The Hall–Kier alpha value is -3.79. The van der Waals surface area contributed by atoms with Gasteiger partial charge in [0.15, 0.2) is 0 Å². The number of hydrogen-bond donors (Lipinski definition) is 8. The molecule has 1 aliphatic heterocycles. The number of carboxylic acids is 1. The molecule has 11 N–H and O–H groups in total. The van der Waals surface area contributed by atoms with E-state index in [9.17, 15) is 43.8 Å². The van der Waals surface area contributed by atoms with Crippen molar-refractivity contribution in [3.05, 3.63) is 0 Å². The van der Waals surface area contributed by atoms with E-state index in [-0.39, 0.29) is 44.6 Å². The van der Waals surface area contributed by atoms with Crippen LogP contribution < -0.4 is 33.2 Å². The smallest absolute Gasteiger partial charge is 0.326 e. The van der Waals surface area contributed by atoms with Crippen LogP contribution in [0.2, 0.25) is 0 Å². The normalized spacial score (nSPS) is 20.0. The molecule has 0 radical (unpaired) electrons. The van der Waals surface area contributed by atoms with Gasteiger partial charge in [-0.2, -0.15) is 0 Å². The number of aliphatic hydroxyl groups is 1. The molecule has 42 heavy (non-hydrogen) atoms. The summed E-state index contributed by atoms with van der Waals surface area (Å²) in [5, 5.41) is 26.4. The number of carboxylic acid groups (broad SMARTS) is 1. The maximum absolute atomic E-state index is 13.3. The zero-order valence-corrected chi connectivity index (χ0v) is 23.6. The Morgan fingerprint density at radius 3 is 1.71 bits per heavy atom. The number of likely N-dealkylation sites (tertiary alicyclic amines) is 1. The number of nitrogens with one attached hydrogen (secondary N) is 3. The van der Waals surface area contributed by atoms with Gasteiger partial charge in [-0.1, -0.05) is 19.3 Å². The van der Waals surface area contributed by atoms with Gasteiger partial charge < -0.3 is 48.3 Å². The Morgan fingerprint density at radius 2 is 1.24 bits per heavy atom. The second-order valence-electron chi connectivity index (χ2n) is 10.8. The molecule has 2 aliphatic rings. The Balaban J connectivity index is 2.16. The van der Waals surface area contributed by atoms with Gasteiger partial charge in [0.2, 0.25) is 35.4 Å². The summed E-state index contributed by atoms with van der Waals surface area (Å²) in [7, 11) is 0. The monoisotopic (exact) mass is 597 g/mol. The number of primary amides is 2. The quantitative estimate of drug-likeness (QED) is 0.0889. The fourth-order valence-corrected chi connectivity index (χ4v) is 5.30. The van der Waals surface area contributed by atoms with Crippen LogP contribution >= 0.6 is 0 Å². The Bertz CT molecular complexity index is 1020. The molecule has 2 rings (SSSR count). The van der Waals surface area contributed by atoms with Gasteiger partial charge in [-0.05, 0) is 44.4 Å². The number of amides is 6. The first kappa shape index (κ1) is 34.4. The van der Waals surface area contributed by atoms with Crippen LogP contribution in [0.1, 0.15) is 70.6 Å². The third-order valence-electron chi connectivity index (χ3n) is 7.70. The van der Waals surface area contributed by atoms with Crippen molar-refractivity contribution >= 4 is 41.4 Å². The fourth-order valence-electron chi connectivity index (χ4n) is 5.30. The van der Waals surface area contributed by atoms with E-state index in [1.54, 1.807) is 0 Å². The van der Waals surface area contributed by atoms with Crippen molar-refractivity contribution in [3.8, 4) is 0 Å². The van der Waals surface area contributed by atoms with E-state index in [2.05, 4.69) is 16.0 Å². The minimum atomic E-state index is -1.52. The molecular formula is C26H43N7O9. The van der Waals surface area contributed by atoms with Gasteiger partial charge >= 0.3 is 5.97 Å². The lowest BCUT2D eigenvalue weighted by Crippen LogP contribution is -2.59. The summed E-state index contributed by atoms with van der Waals surface area (Å²) in [6, 6.07) is -6.27. The molecule has 236 valence electrons. The summed E-state index contributed by atoms with van der Waals surface area (Å²) in [6.45, 7) is -0.742. The molecule has 0 unspecified atom stereocenters. The molecule has 1 saturated carbocycles. The average molecular weight is 598 g/mol. The van der Waals surface area contributed by atoms with Gasteiger partial charge in [-0.3, -0.25) is 28.8 Å². The standard InChI is InChI=1S/C26H43N7O9/c27-19(35)10-8-15(23(38)32-17(13-34)25(40)33-12-4-7-18(33)26(41)42)30-22(37)16(9-11-20(28)36)31-24(39)21(29)14-5-2-1-3-6-14/h14-18,21,34H,1-13,29H2,(H2,27,35)(H2,28,36)(H,30,37)(H,31,39)(H,32,38)(H,41,42)/t15-,16-,17-,18-,21-/m0/s1. The van der Waals surface area contributed by atoms with Crippen LogP contribution in [0.25, 0.3) is 0 Å². The predicted octanol–water partition coefficient (Wildman–Crippen LogP) is -3.05. The molecule has 0 aromatic carbocycles. The van der Waals surface area contributed by atoms with Crippen LogP contribution in [-0.4, -0.2) is 99.9 Å². The molecule has 0 aromatic heterocycles. The highest BCUT2D eigenvalue weighted by Gasteiger charge is 2.38. The molecule has 1 heterocycles. The molecule has 1 saturated heterocycles. The van der Waals surface area contributed by atoms with Crippen LogP contribution in [-0.2, 0) is 33.6 Å². The second kappa shape index (κ2) is 16.6. The van der Waals surface area contributed by atoms with Gasteiger partial charge in [-0.25, -0.2) is 4.79 Å². The highest BCUT2D eigenvalue weighted by Crippen LogP contribution is 2.26. The lowest BCUT2D eigenvalue weighted by molar-refractivity contribution is -0.150. The van der Waals surface area contributed by atoms with E-state index < -0.39 is 78.2 Å². The first-order valence-electron chi connectivity index (χ1n) is 14.2. The maximum atomic E-state index is 13.3. The van der Waals surface area contributed by atoms with Gasteiger partial charge in [0, 0.05) is 19.4 Å². The summed E-state index contributed by atoms with van der Waals surface area (Å²) in [5.41, 5.74) is 16.6. The summed E-state index contributed by atoms with van der Waals surface area (Å²) in [5.74, 6) is -6.06. The lowest BCUT2D eigenvalue weighted by atomic mass is 9.84. The number of carbonyl (C=O) groups is 7. The summed E-state index contributed by atoms with van der Waals surface area (Å²) in [4.78, 5) is 87.7. The van der Waals surface area contributed by atoms with Gasteiger partial charge in [-0.15, -0.1) is 0 Å². The van der Waals surface area contributed by atoms with Gasteiger partial charge in [0.1, 0.15) is 24.2 Å². The molecular weight excluding hydrogens is 554 g/mol. The van der Waals surface area contributed by atoms with Crippen LogP contribution in [0.4, 0.5) is 0 Å². The van der Waals surface area contributed by atoms with Crippen molar-refractivity contribution in [1.82, 2.24) is 20.9 Å². The predicted molar refractivity (Wildman–Crippen MR) is 147 cm³/mol. The first-order chi connectivity index (χ1) is 19.8. The number of nitrogens with two attached hydrogens (primary N) is 3. The maximum Gasteiger partial charge on any atom is 0.326 e. The zero-order valence-electron chi connectivity index (χ0n) is 23.6. The van der Waals surface area contributed by atoms with E-state index in [0.29, 0.717) is 6.42 Å². The average Bonchev–Trinajstić information content (AvgIpc) is 3.45. The molecule has 0 spiro atoms. The van der Waals surface area contributed by atoms with E-state index >= 15 is 0 Å². The molecule has 16 nitrogen and oxygen atoms in total. The topological polar surface area (TPSA) is 277 Å². The van der Waals surface area contributed by atoms with Crippen molar-refractivity contribution in [2.24, 2.45) is 23.1 Å². The number of aliphatic carboxylic acids is 1. The van der Waals surface area contributed by atoms with Crippen LogP contribution in [0.5, 0.6) is 0 Å². The van der Waals surface area contributed by atoms with Gasteiger partial charge in [0.25, 0.3) is 0 Å². The number of aliphatic hydroxyl groups excluding tert-OH is 1. The van der Waals surface area contributed by atoms with Crippen molar-refractivity contribution in [2.75, 3.05) is 13.2 Å². The van der Waals surface area contributed by atoms with E-state index in [0.717, 1.165) is 37.0 Å². The summed E-state index contributed by atoms with van der Waals surface area (Å²) >= 11 is 0. The Labute approximate surface area is 243 Å². The third-order valence-corrected chi connectivity index (χ3v) is 7.70. The van der Waals surface area contributed by atoms with E-state index in [4.69, 9.17) is 17.2 Å². The molecule has 0 aromatic rings. The first-order valence-corrected chi connectivity index (χ1v) is 14.2. The minimum Gasteiger partial charge on any atom is -0.480 e.